The van der Waals surface area contributed by atoms with Crippen molar-refractivity contribution in [1.29, 1.82) is 0 Å². The molecular formula is C13H10N2. The first-order valence-electron chi connectivity index (χ1n) is 4.98. The fourth-order valence-corrected chi connectivity index (χ4v) is 1.85. The molecule has 2 heterocycles. The van der Waals surface area contributed by atoms with Gasteiger partial charge in [-0.2, -0.15) is 0 Å². The van der Waals surface area contributed by atoms with Gasteiger partial charge in [-0.1, -0.05) is 24.3 Å². The van der Waals surface area contributed by atoms with Crippen LogP contribution in [0.2, 0.25) is 0 Å². The minimum Gasteiger partial charge on any atom is -0.264 e. The van der Waals surface area contributed by atoms with Crippen LogP contribution >= 0.6 is 0 Å². The third kappa shape index (κ3) is 1.44. The molecule has 0 fully saturated rings. The minimum atomic E-state index is 0.916. The number of benzene rings is 1. The van der Waals surface area contributed by atoms with Gasteiger partial charge in [0.15, 0.2) is 0 Å². The highest BCUT2D eigenvalue weighted by molar-refractivity contribution is 5.85. The lowest BCUT2D eigenvalue weighted by molar-refractivity contribution is 1.15. The summed E-state index contributed by atoms with van der Waals surface area (Å²) in [5.74, 6) is 0. The number of rotatable bonds is 0. The van der Waals surface area contributed by atoms with E-state index in [1.165, 1.54) is 16.7 Å². The van der Waals surface area contributed by atoms with Crippen molar-refractivity contribution < 1.29 is 0 Å². The predicted molar refractivity (Wildman–Crippen MR) is 60.7 cm³/mol. The van der Waals surface area contributed by atoms with Crippen LogP contribution in [-0.4, -0.2) is 11.2 Å². The van der Waals surface area contributed by atoms with Crippen LogP contribution in [0, 0.1) is 0 Å². The molecule has 0 atom stereocenters. The molecule has 1 aromatic heterocycles. The molecule has 0 saturated carbocycles. The van der Waals surface area contributed by atoms with E-state index in [4.69, 9.17) is 0 Å². The van der Waals surface area contributed by atoms with Crippen LogP contribution < -0.4 is 0 Å². The quantitative estimate of drug-likeness (QED) is 0.540. The molecule has 0 saturated heterocycles. The lowest BCUT2D eigenvalue weighted by Gasteiger charge is -2.03. The summed E-state index contributed by atoms with van der Waals surface area (Å²) in [5.41, 5.74) is 4.74. The van der Waals surface area contributed by atoms with Crippen LogP contribution in [0.25, 0.3) is 0 Å². The smallest absolute Gasteiger partial charge is 0.0695 e. The molecule has 1 aliphatic rings. The van der Waals surface area contributed by atoms with Gasteiger partial charge in [-0.15, -0.1) is 0 Å². The fraction of sp³-hybridized carbons (Fsp3) is 0.0769. The minimum absolute atomic E-state index is 0.916. The maximum Gasteiger partial charge on any atom is 0.0695 e. The van der Waals surface area contributed by atoms with Crippen LogP contribution in [0.3, 0.4) is 0 Å². The van der Waals surface area contributed by atoms with Crippen LogP contribution in [0.4, 0.5) is 5.69 Å². The molecule has 1 aliphatic heterocycles. The summed E-state index contributed by atoms with van der Waals surface area (Å²) < 4.78 is 0. The lowest BCUT2D eigenvalue weighted by Crippen LogP contribution is -1.91. The Morgan fingerprint density at radius 1 is 1.00 bits per heavy atom. The number of aromatic nitrogens is 1. The van der Waals surface area contributed by atoms with E-state index in [1.807, 2.05) is 24.5 Å². The number of fused-ring (bicyclic) bond motifs is 2. The molecule has 0 bridgehead atoms. The average molecular weight is 194 g/mol. The van der Waals surface area contributed by atoms with Gasteiger partial charge in [0.05, 0.1) is 5.69 Å². The van der Waals surface area contributed by atoms with E-state index >= 15 is 0 Å². The molecule has 0 aliphatic carbocycles. The van der Waals surface area contributed by atoms with Crippen LogP contribution in [0.5, 0.6) is 0 Å². The summed E-state index contributed by atoms with van der Waals surface area (Å²) in [7, 11) is 0. The van der Waals surface area contributed by atoms with Gasteiger partial charge in [0.1, 0.15) is 0 Å². The van der Waals surface area contributed by atoms with Crippen molar-refractivity contribution in [2.24, 2.45) is 4.99 Å². The second-order valence-electron chi connectivity index (χ2n) is 3.64. The van der Waals surface area contributed by atoms with E-state index in [1.54, 1.807) is 6.20 Å². The van der Waals surface area contributed by atoms with Crippen LogP contribution in [0.15, 0.2) is 47.7 Å². The highest BCUT2D eigenvalue weighted by Gasteiger charge is 2.08. The molecule has 0 spiro atoms. The van der Waals surface area contributed by atoms with Gasteiger partial charge in [-0.25, -0.2) is 0 Å². The standard InChI is InChI=1S/C13H10N2/c1-2-4-11-9-15-13-5-6-14-8-12(13)7-10(11)3-1/h1-6,8-9H,7H2. The molecule has 0 unspecified atom stereocenters. The van der Waals surface area contributed by atoms with E-state index in [9.17, 15) is 0 Å². The number of aliphatic imine (C=N–C) groups is 1. The van der Waals surface area contributed by atoms with E-state index in [-0.39, 0.29) is 0 Å². The van der Waals surface area contributed by atoms with E-state index in [2.05, 4.69) is 28.2 Å². The van der Waals surface area contributed by atoms with Gasteiger partial charge in [0, 0.05) is 30.6 Å². The predicted octanol–water partition coefficient (Wildman–Crippen LogP) is 2.74. The molecule has 2 heteroatoms. The number of nitrogens with zero attached hydrogens (tertiary/aromatic N) is 2. The molecule has 2 aromatic rings. The Morgan fingerprint density at radius 2 is 1.93 bits per heavy atom. The summed E-state index contributed by atoms with van der Waals surface area (Å²) in [6.07, 6.45) is 6.53. The Balaban J connectivity index is 2.19. The highest BCUT2D eigenvalue weighted by Crippen LogP contribution is 2.25. The summed E-state index contributed by atoms with van der Waals surface area (Å²) in [5, 5.41) is 0. The SMILES string of the molecule is C1=Nc2ccncc2Cc2ccccc21. The van der Waals surface area contributed by atoms with Crippen molar-refractivity contribution in [3.05, 3.63) is 59.4 Å². The number of hydrogen-bond acceptors (Lipinski definition) is 2. The maximum absolute atomic E-state index is 4.46. The second-order valence-corrected chi connectivity index (χ2v) is 3.64. The van der Waals surface area contributed by atoms with Crippen molar-refractivity contribution in [3.8, 4) is 0 Å². The summed E-state index contributed by atoms with van der Waals surface area (Å²) >= 11 is 0. The first kappa shape index (κ1) is 8.36. The van der Waals surface area contributed by atoms with Gasteiger partial charge in [0.2, 0.25) is 0 Å². The van der Waals surface area contributed by atoms with Gasteiger partial charge in [-0.3, -0.25) is 9.98 Å². The average Bonchev–Trinajstić information content (AvgIpc) is 2.48. The molecule has 72 valence electrons. The molecular weight excluding hydrogens is 184 g/mol. The van der Waals surface area contributed by atoms with Gasteiger partial charge in [0.25, 0.3) is 0 Å². The van der Waals surface area contributed by atoms with Crippen molar-refractivity contribution in [1.82, 2.24) is 4.98 Å². The summed E-state index contributed by atoms with van der Waals surface area (Å²) in [4.78, 5) is 8.60. The highest BCUT2D eigenvalue weighted by atomic mass is 14.7. The van der Waals surface area contributed by atoms with Gasteiger partial charge < -0.3 is 0 Å². The van der Waals surface area contributed by atoms with E-state index in [0.717, 1.165) is 12.1 Å². The molecule has 2 nitrogen and oxygen atoms in total. The Hall–Kier alpha value is -1.96. The van der Waals surface area contributed by atoms with Gasteiger partial charge >= 0.3 is 0 Å². The van der Waals surface area contributed by atoms with Crippen LogP contribution in [-0.2, 0) is 6.42 Å². The van der Waals surface area contributed by atoms with E-state index < -0.39 is 0 Å². The zero-order chi connectivity index (χ0) is 10.1. The number of pyridine rings is 1. The van der Waals surface area contributed by atoms with Crippen molar-refractivity contribution in [3.63, 3.8) is 0 Å². The van der Waals surface area contributed by atoms with E-state index in [0.29, 0.717) is 0 Å². The van der Waals surface area contributed by atoms with Crippen molar-refractivity contribution in [2.75, 3.05) is 0 Å². The third-order valence-corrected chi connectivity index (χ3v) is 2.66. The zero-order valence-electron chi connectivity index (χ0n) is 8.22. The van der Waals surface area contributed by atoms with Crippen LogP contribution in [0.1, 0.15) is 16.7 Å². The normalized spacial score (nSPS) is 12.8. The Morgan fingerprint density at radius 3 is 2.93 bits per heavy atom. The van der Waals surface area contributed by atoms with Crippen molar-refractivity contribution >= 4 is 11.9 Å². The monoisotopic (exact) mass is 194 g/mol. The summed E-state index contributed by atoms with van der Waals surface area (Å²) in [6, 6.07) is 10.3. The Kier molecular flexibility index (Phi) is 1.85. The largest absolute Gasteiger partial charge is 0.264 e. The van der Waals surface area contributed by atoms with Crippen molar-refractivity contribution in [2.45, 2.75) is 6.42 Å². The lowest BCUT2D eigenvalue weighted by atomic mass is 10.0. The molecule has 1 aromatic carbocycles. The topological polar surface area (TPSA) is 25.2 Å². The third-order valence-electron chi connectivity index (χ3n) is 2.66. The summed E-state index contributed by atoms with van der Waals surface area (Å²) in [6.45, 7) is 0. The first-order valence-corrected chi connectivity index (χ1v) is 4.98. The maximum atomic E-state index is 4.46. The zero-order valence-corrected chi connectivity index (χ0v) is 8.22. The second kappa shape index (κ2) is 3.31. The molecule has 0 amide bonds. The first-order chi connectivity index (χ1) is 7.43. The molecule has 3 rings (SSSR count). The van der Waals surface area contributed by atoms with Gasteiger partial charge in [-0.05, 0) is 17.2 Å². The fourth-order valence-electron chi connectivity index (χ4n) is 1.85. The molecule has 0 radical (unpaired) electrons. The number of hydrogen-bond donors (Lipinski definition) is 0. The Bertz CT molecular complexity index is 482. The molecule has 0 N–H and O–H groups in total. The Labute approximate surface area is 88.3 Å². The molecule has 15 heavy (non-hydrogen) atoms.